The minimum atomic E-state index is -3.32. The maximum absolute atomic E-state index is 9.46. The van der Waals surface area contributed by atoms with Crippen LogP contribution in [-0.2, 0) is 21.4 Å². The van der Waals surface area contributed by atoms with Gasteiger partial charge in [-0.2, -0.15) is 0 Å². The Hall–Kier alpha value is -0.450. The van der Waals surface area contributed by atoms with E-state index in [1.165, 1.54) is 0 Å². The maximum atomic E-state index is 9.46. The van der Waals surface area contributed by atoms with Gasteiger partial charge in [-0.05, 0) is 19.1 Å². The van der Waals surface area contributed by atoms with Crippen molar-refractivity contribution in [3.8, 4) is 5.75 Å². The van der Waals surface area contributed by atoms with Crippen LogP contribution in [-0.4, -0.2) is 11.5 Å². The van der Waals surface area contributed by atoms with Crippen LogP contribution in [0, 0.1) is 0 Å². The van der Waals surface area contributed by atoms with Crippen LogP contribution in [0.1, 0.15) is 6.92 Å². The number of benzene rings is 1. The lowest BCUT2D eigenvalue weighted by molar-refractivity contribution is -0.208. The second-order valence-corrected chi connectivity index (χ2v) is 5.01. The fraction of sp³-hybridized carbons (Fsp3) is 0.250. The minimum Gasteiger partial charge on any atom is -0.423 e. The van der Waals surface area contributed by atoms with Crippen LogP contribution in [0.4, 0.5) is 0 Å². The Morgan fingerprint density at radius 1 is 1.36 bits per heavy atom. The summed E-state index contributed by atoms with van der Waals surface area (Å²) < 4.78 is 9.58. The molecule has 0 heterocycles. The lowest BCUT2D eigenvalue weighted by atomic mass is 10.3. The monoisotopic (exact) mass is 234 g/mol. The quantitative estimate of drug-likeness (QED) is 0.481. The van der Waals surface area contributed by atoms with Crippen LogP contribution in [0.2, 0.25) is 0 Å². The molecule has 0 bridgehead atoms. The molecule has 1 atom stereocenters. The Morgan fingerprint density at radius 2 is 2.00 bits per heavy atom. The molecular weight excluding hydrogens is 223 g/mol. The second-order valence-electron chi connectivity index (χ2n) is 2.35. The maximum Gasteiger partial charge on any atom is 0.405 e. The van der Waals surface area contributed by atoms with E-state index in [0.29, 0.717) is 12.4 Å². The number of rotatable bonds is 5. The number of hydrogen-bond acceptors (Lipinski definition) is 4. The largest absolute Gasteiger partial charge is 0.423 e. The van der Waals surface area contributed by atoms with Crippen molar-refractivity contribution in [3.05, 3.63) is 30.3 Å². The molecule has 1 rings (SSSR count). The van der Waals surface area contributed by atoms with E-state index < -0.39 is 6.72 Å². The molecule has 14 heavy (non-hydrogen) atoms. The summed E-state index contributed by atoms with van der Waals surface area (Å²) >= 11 is 4.69. The lowest BCUT2D eigenvalue weighted by Gasteiger charge is -2.14. The summed E-state index contributed by atoms with van der Waals surface area (Å²) in [4.78, 5) is 14.0. The third-order valence-electron chi connectivity index (χ3n) is 1.23. The van der Waals surface area contributed by atoms with Gasteiger partial charge in [0.05, 0.1) is 6.61 Å². The standard InChI is InChI=1S/C8H11O4PS/c1-2-10-12-13(9,14)11-8-6-4-3-5-7-8/h3-7H,2H2,1H3,(H,9,14). The molecule has 0 amide bonds. The molecule has 1 aromatic rings. The fourth-order valence-corrected chi connectivity index (χ4v) is 1.79. The molecule has 0 saturated carbocycles. The highest BCUT2D eigenvalue weighted by Crippen LogP contribution is 2.44. The zero-order valence-electron chi connectivity index (χ0n) is 7.62. The van der Waals surface area contributed by atoms with Gasteiger partial charge in [-0.1, -0.05) is 18.2 Å². The summed E-state index contributed by atoms with van der Waals surface area (Å²) in [6, 6.07) is 8.72. The van der Waals surface area contributed by atoms with Gasteiger partial charge in [0.25, 0.3) is 0 Å². The molecule has 1 aromatic carbocycles. The average molecular weight is 234 g/mol. The van der Waals surface area contributed by atoms with E-state index in [-0.39, 0.29) is 0 Å². The van der Waals surface area contributed by atoms with Gasteiger partial charge in [-0.3, -0.25) is 0 Å². The van der Waals surface area contributed by atoms with Gasteiger partial charge in [0, 0.05) is 11.8 Å². The summed E-state index contributed by atoms with van der Waals surface area (Å²) in [5, 5.41) is 0. The molecule has 0 saturated heterocycles. The highest BCUT2D eigenvalue weighted by molar-refractivity contribution is 8.07. The van der Waals surface area contributed by atoms with Crippen LogP contribution in [0.15, 0.2) is 30.3 Å². The van der Waals surface area contributed by atoms with Crippen molar-refractivity contribution >= 4 is 18.5 Å². The van der Waals surface area contributed by atoms with Gasteiger partial charge in [-0.15, -0.1) is 4.67 Å². The molecule has 78 valence electrons. The Kier molecular flexibility index (Phi) is 4.51. The zero-order valence-corrected chi connectivity index (χ0v) is 9.33. The molecule has 0 aliphatic carbocycles. The molecule has 0 spiro atoms. The van der Waals surface area contributed by atoms with Crippen LogP contribution in [0.3, 0.4) is 0 Å². The highest BCUT2D eigenvalue weighted by Gasteiger charge is 2.17. The Morgan fingerprint density at radius 3 is 2.57 bits per heavy atom. The summed E-state index contributed by atoms with van der Waals surface area (Å²) in [6.07, 6.45) is 0. The van der Waals surface area contributed by atoms with E-state index in [4.69, 9.17) is 4.52 Å². The van der Waals surface area contributed by atoms with Crippen molar-refractivity contribution in [1.82, 2.24) is 0 Å². The SMILES string of the molecule is CCOOP(O)(=S)Oc1ccccc1. The summed E-state index contributed by atoms with van der Waals surface area (Å²) in [5.41, 5.74) is 0. The molecule has 0 radical (unpaired) electrons. The first kappa shape index (κ1) is 11.6. The first-order chi connectivity index (χ1) is 6.64. The van der Waals surface area contributed by atoms with Gasteiger partial charge in [0.15, 0.2) is 0 Å². The third-order valence-corrected chi connectivity index (χ3v) is 2.37. The van der Waals surface area contributed by atoms with E-state index >= 15 is 0 Å². The average Bonchev–Trinajstić information content (AvgIpc) is 2.16. The molecular formula is C8H11O4PS. The molecule has 1 unspecified atom stereocenters. The first-order valence-corrected chi connectivity index (χ1v) is 6.62. The van der Waals surface area contributed by atoms with Gasteiger partial charge < -0.3 is 9.42 Å². The Bertz CT molecular complexity index is 316. The van der Waals surface area contributed by atoms with Crippen molar-refractivity contribution in [2.75, 3.05) is 6.61 Å². The summed E-state index contributed by atoms with van der Waals surface area (Å²) in [6.45, 7) is -1.30. The van der Waals surface area contributed by atoms with Crippen molar-refractivity contribution in [2.45, 2.75) is 6.92 Å². The third kappa shape index (κ3) is 4.17. The molecule has 1 N–H and O–H groups in total. The van der Waals surface area contributed by atoms with Crippen molar-refractivity contribution in [2.24, 2.45) is 0 Å². The summed E-state index contributed by atoms with van der Waals surface area (Å²) in [7, 11) is 0. The predicted molar refractivity (Wildman–Crippen MR) is 56.3 cm³/mol. The highest BCUT2D eigenvalue weighted by atomic mass is 32.5. The van der Waals surface area contributed by atoms with E-state index in [1.54, 1.807) is 31.2 Å². The van der Waals surface area contributed by atoms with Crippen LogP contribution in [0.25, 0.3) is 0 Å². The molecule has 4 nitrogen and oxygen atoms in total. The van der Waals surface area contributed by atoms with Crippen LogP contribution in [0.5, 0.6) is 5.75 Å². The molecule has 0 aromatic heterocycles. The normalized spacial score (nSPS) is 14.7. The van der Waals surface area contributed by atoms with E-state index in [0.717, 1.165) is 0 Å². The number of hydrogen-bond donors (Lipinski definition) is 1. The minimum absolute atomic E-state index is 0.303. The zero-order chi connectivity index (χ0) is 10.4. The van der Waals surface area contributed by atoms with Gasteiger partial charge in [0.1, 0.15) is 5.75 Å². The smallest absolute Gasteiger partial charge is 0.405 e. The van der Waals surface area contributed by atoms with Gasteiger partial charge in [-0.25, -0.2) is 4.89 Å². The van der Waals surface area contributed by atoms with Gasteiger partial charge in [0.2, 0.25) is 0 Å². The van der Waals surface area contributed by atoms with E-state index in [9.17, 15) is 4.89 Å². The topological polar surface area (TPSA) is 47.9 Å². The van der Waals surface area contributed by atoms with Crippen LogP contribution < -0.4 is 4.52 Å². The molecule has 0 fully saturated rings. The van der Waals surface area contributed by atoms with Crippen molar-refractivity contribution < 1.29 is 19.0 Å². The predicted octanol–water partition coefficient (Wildman–Crippen LogP) is 2.25. The van der Waals surface area contributed by atoms with E-state index in [1.807, 2.05) is 6.07 Å². The molecule has 6 heteroatoms. The Labute approximate surface area is 87.6 Å². The van der Waals surface area contributed by atoms with Crippen molar-refractivity contribution in [1.29, 1.82) is 0 Å². The Balaban J connectivity index is 2.55. The lowest BCUT2D eigenvalue weighted by Crippen LogP contribution is -1.97. The summed E-state index contributed by atoms with van der Waals surface area (Å²) in [5.74, 6) is 0.457. The van der Waals surface area contributed by atoms with E-state index in [2.05, 4.69) is 21.4 Å². The van der Waals surface area contributed by atoms with Crippen LogP contribution >= 0.6 is 6.72 Å². The molecule has 0 aliphatic heterocycles. The van der Waals surface area contributed by atoms with Crippen molar-refractivity contribution in [3.63, 3.8) is 0 Å². The fourth-order valence-electron chi connectivity index (χ4n) is 0.749. The molecule has 0 aliphatic rings. The first-order valence-electron chi connectivity index (χ1n) is 4.02. The second kappa shape index (κ2) is 5.44. The van der Waals surface area contributed by atoms with Gasteiger partial charge >= 0.3 is 6.72 Å². The number of para-hydroxylation sites is 1.